The number of rotatable bonds is 4. The van der Waals surface area contributed by atoms with Gasteiger partial charge in [0, 0.05) is 27.3 Å². The molecule has 0 spiro atoms. The van der Waals surface area contributed by atoms with E-state index in [2.05, 4.69) is 57.8 Å². The minimum Gasteiger partial charge on any atom is -0.305 e. The van der Waals surface area contributed by atoms with E-state index in [1.54, 1.807) is 22.5 Å². The van der Waals surface area contributed by atoms with Crippen LogP contribution in [0.4, 0.5) is 0 Å². The maximum atomic E-state index is 3.61. The van der Waals surface area contributed by atoms with Gasteiger partial charge in [-0.3, -0.25) is 0 Å². The largest absolute Gasteiger partial charge is 0.305 e. The Kier molecular flexibility index (Phi) is 4.06. The molecule has 1 aliphatic rings. The van der Waals surface area contributed by atoms with Crippen molar-refractivity contribution in [1.29, 1.82) is 0 Å². The second-order valence-electron chi connectivity index (χ2n) is 5.22. The van der Waals surface area contributed by atoms with Gasteiger partial charge in [-0.05, 0) is 64.9 Å². The van der Waals surface area contributed by atoms with Gasteiger partial charge in [-0.15, -0.1) is 11.3 Å². The van der Waals surface area contributed by atoms with Crippen LogP contribution in [-0.2, 0) is 19.4 Å². The fourth-order valence-electron chi connectivity index (χ4n) is 2.68. The molecular weight excluding hydrogens is 318 g/mol. The number of hydrogen-bond donors (Lipinski definition) is 1. The first kappa shape index (κ1) is 13.3. The first-order valence-corrected chi connectivity index (χ1v) is 8.47. The van der Waals surface area contributed by atoms with Gasteiger partial charge in [0.25, 0.3) is 0 Å². The highest BCUT2D eigenvalue weighted by molar-refractivity contribution is 9.10. The number of hydrogen-bond acceptors (Lipinski definition) is 2. The predicted octanol–water partition coefficient (Wildman–Crippen LogP) is 4.85. The minimum absolute atomic E-state index is 0.409. The Balaban J connectivity index is 1.65. The van der Waals surface area contributed by atoms with Crippen molar-refractivity contribution in [2.75, 3.05) is 0 Å². The van der Waals surface area contributed by atoms with Crippen LogP contribution >= 0.6 is 27.3 Å². The molecular formula is C16H18BrNS. The van der Waals surface area contributed by atoms with E-state index in [0.717, 1.165) is 6.54 Å². The summed E-state index contributed by atoms with van der Waals surface area (Å²) in [5, 5.41) is 5.75. The van der Waals surface area contributed by atoms with Gasteiger partial charge in [0.2, 0.25) is 0 Å². The molecule has 1 unspecified atom stereocenters. The van der Waals surface area contributed by atoms with Crippen molar-refractivity contribution in [3.63, 3.8) is 0 Å². The Labute approximate surface area is 127 Å². The number of halogens is 1. The molecule has 0 amide bonds. The molecule has 0 radical (unpaired) electrons. The van der Waals surface area contributed by atoms with Crippen LogP contribution in [0.15, 0.2) is 34.1 Å². The van der Waals surface area contributed by atoms with Crippen LogP contribution in [0.5, 0.6) is 0 Å². The van der Waals surface area contributed by atoms with Crippen LogP contribution in [0.3, 0.4) is 0 Å². The van der Waals surface area contributed by atoms with Crippen LogP contribution in [0.25, 0.3) is 0 Å². The lowest BCUT2D eigenvalue weighted by molar-refractivity contribution is 0.578. The van der Waals surface area contributed by atoms with E-state index in [1.807, 2.05) is 0 Å². The van der Waals surface area contributed by atoms with E-state index in [1.165, 1.54) is 34.2 Å². The molecule has 0 saturated heterocycles. The lowest BCUT2D eigenvalue weighted by Gasteiger charge is -2.15. The molecule has 3 heteroatoms. The third-order valence-corrected chi connectivity index (χ3v) is 5.52. The number of aryl methyl sites for hydroxylation is 2. The van der Waals surface area contributed by atoms with E-state index in [-0.39, 0.29) is 0 Å². The fraction of sp³-hybridized carbons (Fsp3) is 0.375. The lowest BCUT2D eigenvalue weighted by Crippen LogP contribution is -2.17. The smallest absolute Gasteiger partial charge is 0.0305 e. The lowest BCUT2D eigenvalue weighted by atomic mass is 10.0. The summed E-state index contributed by atoms with van der Waals surface area (Å²) in [4.78, 5) is 1.37. The van der Waals surface area contributed by atoms with Gasteiger partial charge < -0.3 is 5.32 Å². The zero-order valence-corrected chi connectivity index (χ0v) is 13.5. The zero-order valence-electron chi connectivity index (χ0n) is 11.1. The highest BCUT2D eigenvalue weighted by Crippen LogP contribution is 2.26. The summed E-state index contributed by atoms with van der Waals surface area (Å²) in [6.07, 6.45) is 3.85. The number of nitrogens with one attached hydrogen (secondary N) is 1. The van der Waals surface area contributed by atoms with Gasteiger partial charge in [-0.1, -0.05) is 18.2 Å². The topological polar surface area (TPSA) is 12.0 Å². The standard InChI is InChI=1S/C16H18BrNS/c1-11(18-9-16-8-15(17)10-19-16)13-6-5-12-3-2-4-14(12)7-13/h5-8,10-11,18H,2-4,9H2,1H3. The van der Waals surface area contributed by atoms with E-state index in [9.17, 15) is 0 Å². The van der Waals surface area contributed by atoms with Crippen molar-refractivity contribution >= 4 is 27.3 Å². The number of thiophene rings is 1. The first-order chi connectivity index (χ1) is 9.22. The molecule has 0 bridgehead atoms. The second kappa shape index (κ2) is 5.78. The molecule has 0 fully saturated rings. The van der Waals surface area contributed by atoms with Gasteiger partial charge in [-0.25, -0.2) is 0 Å². The summed E-state index contributed by atoms with van der Waals surface area (Å²) in [5.74, 6) is 0. The molecule has 1 N–H and O–H groups in total. The Bertz CT molecular complexity index is 576. The van der Waals surface area contributed by atoms with Crippen LogP contribution in [0.1, 0.15) is 41.0 Å². The van der Waals surface area contributed by atoms with E-state index >= 15 is 0 Å². The molecule has 1 nitrogen and oxygen atoms in total. The number of fused-ring (bicyclic) bond motifs is 1. The second-order valence-corrected chi connectivity index (χ2v) is 7.13. The summed E-state index contributed by atoms with van der Waals surface area (Å²) >= 11 is 5.30. The summed E-state index contributed by atoms with van der Waals surface area (Å²) in [6, 6.07) is 9.59. The van der Waals surface area contributed by atoms with Gasteiger partial charge in [0.1, 0.15) is 0 Å². The number of benzene rings is 1. The maximum Gasteiger partial charge on any atom is 0.0305 e. The minimum atomic E-state index is 0.409. The first-order valence-electron chi connectivity index (χ1n) is 6.80. The fourth-order valence-corrected chi connectivity index (χ4v) is 4.08. The van der Waals surface area contributed by atoms with Gasteiger partial charge >= 0.3 is 0 Å². The molecule has 1 aromatic carbocycles. The van der Waals surface area contributed by atoms with E-state index in [0.29, 0.717) is 6.04 Å². The molecule has 1 aliphatic carbocycles. The monoisotopic (exact) mass is 335 g/mol. The van der Waals surface area contributed by atoms with Crippen LogP contribution in [0, 0.1) is 0 Å². The van der Waals surface area contributed by atoms with Crippen LogP contribution in [0.2, 0.25) is 0 Å². The van der Waals surface area contributed by atoms with Gasteiger partial charge in [0.15, 0.2) is 0 Å². The Morgan fingerprint density at radius 3 is 2.89 bits per heavy atom. The van der Waals surface area contributed by atoms with Gasteiger partial charge in [0.05, 0.1) is 0 Å². The Hall–Kier alpha value is -0.640. The van der Waals surface area contributed by atoms with E-state index in [4.69, 9.17) is 0 Å². The van der Waals surface area contributed by atoms with Crippen molar-refractivity contribution in [2.45, 2.75) is 38.8 Å². The summed E-state index contributed by atoms with van der Waals surface area (Å²) in [5.41, 5.74) is 4.53. The van der Waals surface area contributed by atoms with Crippen molar-refractivity contribution in [2.24, 2.45) is 0 Å². The molecule has 3 rings (SSSR count). The predicted molar refractivity (Wildman–Crippen MR) is 85.7 cm³/mol. The quantitative estimate of drug-likeness (QED) is 0.842. The van der Waals surface area contributed by atoms with Crippen molar-refractivity contribution in [3.05, 3.63) is 55.7 Å². The molecule has 19 heavy (non-hydrogen) atoms. The van der Waals surface area contributed by atoms with Gasteiger partial charge in [-0.2, -0.15) is 0 Å². The van der Waals surface area contributed by atoms with Crippen molar-refractivity contribution in [3.8, 4) is 0 Å². The molecule has 1 heterocycles. The average molecular weight is 336 g/mol. The average Bonchev–Trinajstić information content (AvgIpc) is 3.03. The van der Waals surface area contributed by atoms with Crippen molar-refractivity contribution < 1.29 is 0 Å². The maximum absolute atomic E-state index is 3.61. The van der Waals surface area contributed by atoms with E-state index < -0.39 is 0 Å². The third-order valence-electron chi connectivity index (χ3n) is 3.83. The molecule has 0 saturated carbocycles. The summed E-state index contributed by atoms with van der Waals surface area (Å²) < 4.78 is 1.18. The Morgan fingerprint density at radius 1 is 1.26 bits per heavy atom. The third kappa shape index (κ3) is 3.10. The van der Waals surface area contributed by atoms with Crippen LogP contribution < -0.4 is 5.32 Å². The molecule has 1 aromatic heterocycles. The highest BCUT2D eigenvalue weighted by Gasteiger charge is 2.13. The molecule has 2 aromatic rings. The highest BCUT2D eigenvalue weighted by atomic mass is 79.9. The zero-order chi connectivity index (χ0) is 13.2. The van der Waals surface area contributed by atoms with Crippen LogP contribution in [-0.4, -0.2) is 0 Å². The molecule has 1 atom stereocenters. The summed E-state index contributed by atoms with van der Waals surface area (Å²) in [6.45, 7) is 3.19. The SMILES string of the molecule is CC(NCc1cc(Br)cs1)c1ccc2c(c1)CCC2. The normalized spacial score (nSPS) is 15.5. The van der Waals surface area contributed by atoms with Crippen molar-refractivity contribution in [1.82, 2.24) is 5.32 Å². The molecule has 0 aliphatic heterocycles. The Morgan fingerprint density at radius 2 is 2.11 bits per heavy atom. The summed E-state index contributed by atoms with van der Waals surface area (Å²) in [7, 11) is 0. The molecule has 100 valence electrons.